The van der Waals surface area contributed by atoms with Gasteiger partial charge in [-0.2, -0.15) is 5.10 Å². The highest BCUT2D eigenvalue weighted by atomic mass is 15.4. The fraction of sp³-hybridized carbons (Fsp3) is 0.435. The van der Waals surface area contributed by atoms with Crippen LogP contribution in [0.3, 0.4) is 0 Å². The molecule has 142 valence electrons. The van der Waals surface area contributed by atoms with Crippen molar-refractivity contribution >= 4 is 0 Å². The molecule has 0 spiro atoms. The summed E-state index contributed by atoms with van der Waals surface area (Å²) in [7, 11) is 0. The molecule has 4 heteroatoms. The summed E-state index contributed by atoms with van der Waals surface area (Å²) in [4.78, 5) is 9.53. The molecule has 4 nitrogen and oxygen atoms in total. The first-order valence-electron chi connectivity index (χ1n) is 9.76. The van der Waals surface area contributed by atoms with Gasteiger partial charge in [0.15, 0.2) is 11.6 Å². The lowest BCUT2D eigenvalue weighted by Gasteiger charge is -2.13. The van der Waals surface area contributed by atoms with Crippen LogP contribution in [-0.4, -0.2) is 19.7 Å². The molecule has 0 amide bonds. The third-order valence-corrected chi connectivity index (χ3v) is 4.73. The van der Waals surface area contributed by atoms with E-state index in [1.807, 2.05) is 10.9 Å². The topological polar surface area (TPSA) is 43.6 Å². The van der Waals surface area contributed by atoms with E-state index in [-0.39, 0.29) is 0 Å². The molecule has 0 radical (unpaired) electrons. The molecule has 0 aliphatic heterocycles. The Morgan fingerprint density at radius 2 is 1.63 bits per heavy atom. The Morgan fingerprint density at radius 3 is 2.15 bits per heavy atom. The molecule has 3 rings (SSSR count). The number of aryl methyl sites for hydroxylation is 3. The minimum absolute atomic E-state index is 0.412. The molecule has 0 N–H and O–H groups in total. The molecular formula is C23H30N4. The number of hydrogen-bond acceptors (Lipinski definition) is 3. The lowest BCUT2D eigenvalue weighted by Crippen LogP contribution is -2.06. The second kappa shape index (κ2) is 7.63. The van der Waals surface area contributed by atoms with Crippen molar-refractivity contribution in [3.05, 3.63) is 58.7 Å². The van der Waals surface area contributed by atoms with Gasteiger partial charge < -0.3 is 0 Å². The average molecular weight is 363 g/mol. The largest absolute Gasteiger partial charge is 0.260 e. The van der Waals surface area contributed by atoms with Crippen LogP contribution in [0.1, 0.15) is 61.8 Å². The Hall–Kier alpha value is -2.49. The first-order chi connectivity index (χ1) is 12.8. The molecule has 0 saturated heterocycles. The predicted octanol–water partition coefficient (Wildman–Crippen LogP) is 5.58. The van der Waals surface area contributed by atoms with Crippen LogP contribution in [0, 0.1) is 26.7 Å². The molecular weight excluding hydrogens is 332 g/mol. The third-order valence-electron chi connectivity index (χ3n) is 4.73. The molecule has 1 aromatic carbocycles. The summed E-state index contributed by atoms with van der Waals surface area (Å²) in [5, 5.41) is 4.88. The molecule has 0 saturated carbocycles. The molecule has 0 atom stereocenters. The van der Waals surface area contributed by atoms with Gasteiger partial charge in [-0.1, -0.05) is 45.4 Å². The van der Waals surface area contributed by atoms with Gasteiger partial charge in [0, 0.05) is 23.9 Å². The van der Waals surface area contributed by atoms with Crippen molar-refractivity contribution in [2.75, 3.05) is 0 Å². The molecule has 2 heterocycles. The van der Waals surface area contributed by atoms with Crippen LogP contribution in [-0.2, 0) is 6.42 Å². The van der Waals surface area contributed by atoms with Crippen molar-refractivity contribution in [2.24, 2.45) is 5.92 Å². The van der Waals surface area contributed by atoms with Crippen LogP contribution >= 0.6 is 0 Å². The fourth-order valence-electron chi connectivity index (χ4n) is 3.53. The molecule has 0 aliphatic carbocycles. The number of rotatable bonds is 5. The number of nitrogens with zero attached hydrogens (tertiary/aromatic N) is 4. The van der Waals surface area contributed by atoms with E-state index in [1.165, 1.54) is 16.7 Å². The van der Waals surface area contributed by atoms with E-state index in [9.17, 15) is 0 Å². The quantitative estimate of drug-likeness (QED) is 0.595. The number of benzene rings is 1. The van der Waals surface area contributed by atoms with Crippen LogP contribution in [0.2, 0.25) is 0 Å². The Balaban J connectivity index is 2.17. The van der Waals surface area contributed by atoms with Gasteiger partial charge in [-0.25, -0.2) is 9.67 Å². The summed E-state index contributed by atoms with van der Waals surface area (Å²) in [6.07, 6.45) is 2.79. The van der Waals surface area contributed by atoms with Crippen molar-refractivity contribution in [2.45, 2.75) is 60.8 Å². The van der Waals surface area contributed by atoms with Gasteiger partial charge in [0.2, 0.25) is 0 Å². The molecule has 0 bridgehead atoms. The molecule has 0 unspecified atom stereocenters. The minimum atomic E-state index is 0.412. The van der Waals surface area contributed by atoms with Gasteiger partial charge in [0.25, 0.3) is 0 Å². The predicted molar refractivity (Wildman–Crippen MR) is 111 cm³/mol. The van der Waals surface area contributed by atoms with E-state index >= 15 is 0 Å². The highest BCUT2D eigenvalue weighted by Crippen LogP contribution is 2.27. The smallest absolute Gasteiger partial charge is 0.165 e. The SMILES string of the molecule is Cc1cc(C)c(-n2nc(CC(C)C)nc2-c2ccc(C(C)C)nc2)c(C)c1. The maximum Gasteiger partial charge on any atom is 0.165 e. The second-order valence-corrected chi connectivity index (χ2v) is 8.24. The molecule has 27 heavy (non-hydrogen) atoms. The van der Waals surface area contributed by atoms with Gasteiger partial charge in [-0.15, -0.1) is 0 Å². The molecule has 2 aromatic heterocycles. The average Bonchev–Trinajstić information content (AvgIpc) is 2.96. The van der Waals surface area contributed by atoms with Crippen LogP contribution < -0.4 is 0 Å². The summed E-state index contributed by atoms with van der Waals surface area (Å²) in [6.45, 7) is 15.1. The fourth-order valence-corrected chi connectivity index (χ4v) is 3.53. The van der Waals surface area contributed by atoms with Gasteiger partial charge in [-0.3, -0.25) is 4.98 Å². The van der Waals surface area contributed by atoms with Crippen molar-refractivity contribution < 1.29 is 0 Å². The maximum atomic E-state index is 4.89. The van der Waals surface area contributed by atoms with Crippen LogP contribution in [0.15, 0.2) is 30.5 Å². The van der Waals surface area contributed by atoms with E-state index in [2.05, 4.69) is 77.7 Å². The van der Waals surface area contributed by atoms with Crippen LogP contribution in [0.5, 0.6) is 0 Å². The highest BCUT2D eigenvalue weighted by molar-refractivity contribution is 5.60. The zero-order chi connectivity index (χ0) is 19.7. The number of hydrogen-bond donors (Lipinski definition) is 0. The van der Waals surface area contributed by atoms with E-state index in [0.29, 0.717) is 11.8 Å². The van der Waals surface area contributed by atoms with Gasteiger partial charge in [0.1, 0.15) is 0 Å². The molecule has 3 aromatic rings. The lowest BCUT2D eigenvalue weighted by atomic mass is 10.0. The molecule has 0 aliphatic rings. The zero-order valence-electron chi connectivity index (χ0n) is 17.5. The Morgan fingerprint density at radius 1 is 0.963 bits per heavy atom. The molecule has 0 fully saturated rings. The van der Waals surface area contributed by atoms with Gasteiger partial charge >= 0.3 is 0 Å². The van der Waals surface area contributed by atoms with Crippen molar-refractivity contribution in [3.63, 3.8) is 0 Å². The first kappa shape index (κ1) is 19.3. The standard InChI is InChI=1S/C23H30N4/c1-14(2)10-21-25-23(19-8-9-20(15(3)4)24-13-19)27(26-21)22-17(6)11-16(5)12-18(22)7/h8-9,11-15H,10H2,1-7H3. The van der Waals surface area contributed by atoms with Crippen molar-refractivity contribution in [3.8, 4) is 17.1 Å². The van der Waals surface area contributed by atoms with Crippen LogP contribution in [0.4, 0.5) is 0 Å². The summed E-state index contributed by atoms with van der Waals surface area (Å²) < 4.78 is 2.01. The first-order valence-corrected chi connectivity index (χ1v) is 9.76. The maximum absolute atomic E-state index is 4.89. The summed E-state index contributed by atoms with van der Waals surface area (Å²) in [5.74, 6) is 2.67. The Kier molecular flexibility index (Phi) is 5.45. The highest BCUT2D eigenvalue weighted by Gasteiger charge is 2.18. The zero-order valence-corrected chi connectivity index (χ0v) is 17.5. The Bertz CT molecular complexity index is 911. The number of pyridine rings is 1. The van der Waals surface area contributed by atoms with E-state index < -0.39 is 0 Å². The van der Waals surface area contributed by atoms with Gasteiger partial charge in [-0.05, 0) is 55.9 Å². The van der Waals surface area contributed by atoms with Crippen LogP contribution in [0.25, 0.3) is 17.1 Å². The van der Waals surface area contributed by atoms with Crippen molar-refractivity contribution in [1.82, 2.24) is 19.7 Å². The minimum Gasteiger partial charge on any atom is -0.260 e. The number of aromatic nitrogens is 4. The van der Waals surface area contributed by atoms with Crippen molar-refractivity contribution in [1.29, 1.82) is 0 Å². The van der Waals surface area contributed by atoms with E-state index in [4.69, 9.17) is 10.1 Å². The summed E-state index contributed by atoms with van der Waals surface area (Å²) in [5.41, 5.74) is 6.89. The van der Waals surface area contributed by atoms with Gasteiger partial charge in [0.05, 0.1) is 5.69 Å². The van der Waals surface area contributed by atoms with E-state index in [1.54, 1.807) is 0 Å². The monoisotopic (exact) mass is 362 g/mol. The summed E-state index contributed by atoms with van der Waals surface area (Å²) in [6, 6.07) is 8.61. The van der Waals surface area contributed by atoms with E-state index in [0.717, 1.165) is 35.0 Å². The lowest BCUT2D eigenvalue weighted by molar-refractivity contribution is 0.618. The summed E-state index contributed by atoms with van der Waals surface area (Å²) >= 11 is 0. The Labute approximate surface area is 162 Å². The normalized spacial score (nSPS) is 11.6. The second-order valence-electron chi connectivity index (χ2n) is 8.24. The third kappa shape index (κ3) is 4.10.